The Morgan fingerprint density at radius 1 is 1.30 bits per heavy atom. The molecule has 4 rings (SSSR count). The van der Waals surface area contributed by atoms with Crippen LogP contribution < -0.4 is 10.1 Å². The summed E-state index contributed by atoms with van der Waals surface area (Å²) in [5.74, 6) is 2.53. The Balaban J connectivity index is 1.64. The molecule has 1 N–H and O–H groups in total. The summed E-state index contributed by atoms with van der Waals surface area (Å²) in [6, 6.07) is 7.59. The lowest BCUT2D eigenvalue weighted by Gasteiger charge is -2.56. The van der Waals surface area contributed by atoms with Crippen molar-refractivity contribution in [1.82, 2.24) is 5.32 Å². The monoisotopic (exact) mass is 312 g/mol. The van der Waals surface area contributed by atoms with Gasteiger partial charge in [-0.05, 0) is 73.7 Å². The van der Waals surface area contributed by atoms with Crippen molar-refractivity contribution >= 4 is 0 Å². The van der Waals surface area contributed by atoms with E-state index < -0.39 is 0 Å². The van der Waals surface area contributed by atoms with Gasteiger partial charge in [-0.3, -0.25) is 0 Å². The zero-order chi connectivity index (χ0) is 15.9. The van der Waals surface area contributed by atoms with E-state index in [1.807, 2.05) is 6.61 Å². The van der Waals surface area contributed by atoms with Gasteiger partial charge >= 0.3 is 0 Å². The van der Waals surface area contributed by atoms with Crippen LogP contribution in [0.4, 0.5) is 0 Å². The van der Waals surface area contributed by atoms with E-state index in [1.165, 1.54) is 45.1 Å². The Labute approximate surface area is 141 Å². The number of hydrogen-bond acceptors (Lipinski definition) is 2. The van der Waals surface area contributed by atoms with Crippen molar-refractivity contribution in [2.45, 2.75) is 70.3 Å². The van der Waals surface area contributed by atoms with Gasteiger partial charge < -0.3 is 10.1 Å². The molecule has 1 aromatic carbocycles. The molecule has 1 aliphatic heterocycles. The van der Waals surface area contributed by atoms with E-state index in [4.69, 9.17) is 4.74 Å². The maximum Gasteiger partial charge on any atom is 0.136 e. The van der Waals surface area contributed by atoms with Crippen LogP contribution in [0, 0.1) is 18.4 Å². The van der Waals surface area contributed by atoms with E-state index in [0.717, 1.165) is 18.1 Å². The molecule has 2 heteroatoms. The molecule has 2 bridgehead atoms. The highest BCUT2D eigenvalue weighted by molar-refractivity contribution is 5.45. The Hall–Kier alpha value is -1.02. The first-order valence-electron chi connectivity index (χ1n) is 9.54. The zero-order valence-corrected chi connectivity index (χ0v) is 14.6. The standard InChI is InChI=1S/C21H30NO/c1-15(2)8-12-23-17-7-6-16-13-20-18-5-3-4-9-21(18,10-11-22-20)19(16)14-17/h6-7,12,14-15,18,20,22H,3-5,8-11,13H2,1-2H3/t18-,20+,21+/m0/s1. The molecule has 0 spiro atoms. The fraction of sp³-hybridized carbons (Fsp3) is 0.667. The van der Waals surface area contributed by atoms with E-state index in [-0.39, 0.29) is 0 Å². The molecule has 1 saturated carbocycles. The molecule has 1 saturated heterocycles. The average molecular weight is 312 g/mol. The van der Waals surface area contributed by atoms with Crippen LogP contribution in [0.3, 0.4) is 0 Å². The minimum Gasteiger partial charge on any atom is -0.487 e. The molecule has 23 heavy (non-hydrogen) atoms. The SMILES string of the molecule is CC(C)C[CH]Oc1ccc2c(c1)[C@@]13CCCC[C@H]1[C@@H](C2)NCC3. The molecule has 0 unspecified atom stereocenters. The van der Waals surface area contributed by atoms with Crippen LogP contribution >= 0.6 is 0 Å². The quantitative estimate of drug-likeness (QED) is 0.876. The van der Waals surface area contributed by atoms with Gasteiger partial charge in [0.25, 0.3) is 0 Å². The average Bonchev–Trinajstić information content (AvgIpc) is 2.55. The van der Waals surface area contributed by atoms with Crippen LogP contribution in [-0.4, -0.2) is 12.6 Å². The number of rotatable bonds is 4. The topological polar surface area (TPSA) is 21.3 Å². The summed E-state index contributed by atoms with van der Waals surface area (Å²) >= 11 is 0. The largest absolute Gasteiger partial charge is 0.487 e. The molecule has 3 atom stereocenters. The Morgan fingerprint density at radius 2 is 2.22 bits per heavy atom. The van der Waals surface area contributed by atoms with Gasteiger partial charge in [0.2, 0.25) is 0 Å². The van der Waals surface area contributed by atoms with Crippen LogP contribution in [-0.2, 0) is 11.8 Å². The maximum absolute atomic E-state index is 5.96. The third-order valence-corrected chi connectivity index (χ3v) is 6.41. The zero-order valence-electron chi connectivity index (χ0n) is 14.6. The van der Waals surface area contributed by atoms with Crippen molar-refractivity contribution in [1.29, 1.82) is 0 Å². The summed E-state index contributed by atoms with van der Waals surface area (Å²) < 4.78 is 5.96. The van der Waals surface area contributed by atoms with Crippen molar-refractivity contribution < 1.29 is 4.74 Å². The highest BCUT2D eigenvalue weighted by Crippen LogP contribution is 2.54. The summed E-state index contributed by atoms with van der Waals surface area (Å²) in [5, 5.41) is 3.81. The van der Waals surface area contributed by atoms with Crippen LogP contribution in [0.25, 0.3) is 0 Å². The minimum atomic E-state index is 0.430. The lowest BCUT2D eigenvalue weighted by atomic mass is 9.53. The second-order valence-electron chi connectivity index (χ2n) is 8.26. The molecule has 3 aliphatic rings. The van der Waals surface area contributed by atoms with Gasteiger partial charge in [-0.1, -0.05) is 32.8 Å². The van der Waals surface area contributed by atoms with E-state index in [9.17, 15) is 0 Å². The number of fused-ring (bicyclic) bond motifs is 1. The van der Waals surface area contributed by atoms with E-state index >= 15 is 0 Å². The second kappa shape index (κ2) is 6.12. The van der Waals surface area contributed by atoms with E-state index in [2.05, 4.69) is 37.4 Å². The van der Waals surface area contributed by atoms with Crippen LogP contribution in [0.2, 0.25) is 0 Å². The summed E-state index contributed by atoms with van der Waals surface area (Å²) in [6.45, 7) is 7.63. The lowest BCUT2D eigenvalue weighted by Crippen LogP contribution is -2.59. The van der Waals surface area contributed by atoms with Gasteiger partial charge in [0.1, 0.15) is 12.4 Å². The molecule has 125 valence electrons. The Bertz CT molecular complexity index is 563. The van der Waals surface area contributed by atoms with Crippen molar-refractivity contribution in [3.05, 3.63) is 35.9 Å². The molecule has 2 aliphatic carbocycles. The number of nitrogens with one attached hydrogen (secondary N) is 1. The van der Waals surface area contributed by atoms with Crippen molar-refractivity contribution in [3.63, 3.8) is 0 Å². The van der Waals surface area contributed by atoms with Crippen LogP contribution in [0.1, 0.15) is 63.5 Å². The molecule has 0 amide bonds. The molecular weight excluding hydrogens is 282 g/mol. The van der Waals surface area contributed by atoms with Gasteiger partial charge in [-0.2, -0.15) is 0 Å². The highest BCUT2D eigenvalue weighted by Gasteiger charge is 2.51. The predicted molar refractivity (Wildman–Crippen MR) is 94.6 cm³/mol. The summed E-state index contributed by atoms with van der Waals surface area (Å²) in [5.41, 5.74) is 3.62. The first-order chi connectivity index (χ1) is 11.2. The fourth-order valence-electron chi connectivity index (χ4n) is 5.31. The summed E-state index contributed by atoms with van der Waals surface area (Å²) in [7, 11) is 0. The van der Waals surface area contributed by atoms with E-state index in [0.29, 0.717) is 17.4 Å². The second-order valence-corrected chi connectivity index (χ2v) is 8.26. The first-order valence-corrected chi connectivity index (χ1v) is 9.54. The number of benzene rings is 1. The van der Waals surface area contributed by atoms with Crippen molar-refractivity contribution in [2.24, 2.45) is 11.8 Å². The lowest BCUT2D eigenvalue weighted by molar-refractivity contribution is 0.0795. The van der Waals surface area contributed by atoms with Gasteiger partial charge in [0, 0.05) is 11.5 Å². The van der Waals surface area contributed by atoms with Gasteiger partial charge in [0.05, 0.1) is 0 Å². The number of hydrogen-bond donors (Lipinski definition) is 1. The summed E-state index contributed by atoms with van der Waals surface area (Å²) in [6.07, 6.45) is 9.12. The normalized spacial score (nSPS) is 32.3. The molecule has 1 aromatic rings. The predicted octanol–water partition coefficient (Wildman–Crippen LogP) is 4.62. The van der Waals surface area contributed by atoms with Crippen LogP contribution in [0.5, 0.6) is 5.75 Å². The number of ether oxygens (including phenoxy) is 1. The first kappa shape index (κ1) is 15.5. The molecule has 0 aromatic heterocycles. The molecular formula is C21H30NO. The maximum atomic E-state index is 5.96. The van der Waals surface area contributed by atoms with Gasteiger partial charge in [-0.15, -0.1) is 0 Å². The van der Waals surface area contributed by atoms with E-state index in [1.54, 1.807) is 11.1 Å². The molecule has 2 fully saturated rings. The van der Waals surface area contributed by atoms with Gasteiger partial charge in [-0.25, -0.2) is 0 Å². The molecule has 1 heterocycles. The Kier molecular flexibility index (Phi) is 4.13. The van der Waals surface area contributed by atoms with Crippen LogP contribution in [0.15, 0.2) is 18.2 Å². The van der Waals surface area contributed by atoms with Gasteiger partial charge in [0.15, 0.2) is 0 Å². The summed E-state index contributed by atoms with van der Waals surface area (Å²) in [4.78, 5) is 0. The fourth-order valence-corrected chi connectivity index (χ4v) is 5.31. The van der Waals surface area contributed by atoms with Crippen molar-refractivity contribution in [3.8, 4) is 5.75 Å². The third-order valence-electron chi connectivity index (χ3n) is 6.41. The molecule has 2 nitrogen and oxygen atoms in total. The van der Waals surface area contributed by atoms with Crippen molar-refractivity contribution in [2.75, 3.05) is 6.54 Å². The number of piperidine rings is 1. The Morgan fingerprint density at radius 3 is 3.09 bits per heavy atom. The smallest absolute Gasteiger partial charge is 0.136 e. The minimum absolute atomic E-state index is 0.430. The molecule has 1 radical (unpaired) electrons. The highest BCUT2D eigenvalue weighted by atomic mass is 16.5. The third kappa shape index (κ3) is 2.69.